The monoisotopic (exact) mass is 271 g/mol. The lowest BCUT2D eigenvalue weighted by Gasteiger charge is -2.16. The van der Waals surface area contributed by atoms with Crippen LogP contribution in [0.2, 0.25) is 5.02 Å². The lowest BCUT2D eigenvalue weighted by Crippen LogP contribution is -2.36. The van der Waals surface area contributed by atoms with Gasteiger partial charge in [-0.05, 0) is 44.0 Å². The Hall–Kier alpha value is -0.770. The van der Waals surface area contributed by atoms with Gasteiger partial charge >= 0.3 is 0 Å². The van der Waals surface area contributed by atoms with Crippen molar-refractivity contribution in [2.24, 2.45) is 0 Å². The van der Waals surface area contributed by atoms with Crippen molar-refractivity contribution in [3.8, 4) is 5.75 Å². The first-order chi connectivity index (χ1) is 8.52. The molecule has 0 saturated carbocycles. The number of rotatable bonds is 7. The van der Waals surface area contributed by atoms with E-state index in [0.29, 0.717) is 12.6 Å². The van der Waals surface area contributed by atoms with Gasteiger partial charge < -0.3 is 15.2 Å². The van der Waals surface area contributed by atoms with E-state index in [1.807, 2.05) is 19.1 Å². The molecule has 2 atom stereocenters. The number of nitrogens with one attached hydrogen (secondary N) is 1. The van der Waals surface area contributed by atoms with Crippen LogP contribution in [0.3, 0.4) is 0 Å². The fourth-order valence-electron chi connectivity index (χ4n) is 1.44. The predicted molar refractivity (Wildman–Crippen MR) is 75.4 cm³/mol. The van der Waals surface area contributed by atoms with E-state index in [9.17, 15) is 5.11 Å². The maximum atomic E-state index is 9.77. The van der Waals surface area contributed by atoms with Gasteiger partial charge in [-0.15, -0.1) is 0 Å². The highest BCUT2D eigenvalue weighted by Gasteiger charge is 2.07. The molecule has 3 nitrogen and oxygen atoms in total. The molecule has 0 aliphatic carbocycles. The Morgan fingerprint density at radius 1 is 1.44 bits per heavy atom. The maximum absolute atomic E-state index is 9.77. The molecule has 0 aromatic heterocycles. The minimum Gasteiger partial charge on any atom is -0.491 e. The molecular formula is C14H22ClNO2. The van der Waals surface area contributed by atoms with E-state index in [-0.39, 0.29) is 6.61 Å². The molecule has 0 heterocycles. The highest BCUT2D eigenvalue weighted by atomic mass is 35.5. The van der Waals surface area contributed by atoms with E-state index in [0.717, 1.165) is 22.8 Å². The molecule has 0 radical (unpaired) electrons. The van der Waals surface area contributed by atoms with Crippen LogP contribution in [0.4, 0.5) is 0 Å². The van der Waals surface area contributed by atoms with Crippen LogP contribution in [0, 0.1) is 6.92 Å². The summed E-state index contributed by atoms with van der Waals surface area (Å²) in [5.74, 6) is 0.736. The van der Waals surface area contributed by atoms with Crippen LogP contribution in [-0.4, -0.2) is 30.4 Å². The van der Waals surface area contributed by atoms with Gasteiger partial charge in [0.15, 0.2) is 0 Å². The van der Waals surface area contributed by atoms with Gasteiger partial charge in [-0.25, -0.2) is 0 Å². The highest BCUT2D eigenvalue weighted by Crippen LogP contribution is 2.20. The predicted octanol–water partition coefficient (Wildman–Crippen LogP) is 2.78. The largest absolute Gasteiger partial charge is 0.491 e. The minimum atomic E-state index is -0.505. The molecule has 0 bridgehead atoms. The summed E-state index contributed by atoms with van der Waals surface area (Å²) in [5.41, 5.74) is 0.974. The van der Waals surface area contributed by atoms with Gasteiger partial charge in [0.05, 0.1) is 0 Å². The fraction of sp³-hybridized carbons (Fsp3) is 0.571. The Labute approximate surface area is 114 Å². The lowest BCUT2D eigenvalue weighted by molar-refractivity contribution is 0.104. The highest BCUT2D eigenvalue weighted by molar-refractivity contribution is 6.31. The molecule has 4 heteroatoms. The molecule has 0 saturated heterocycles. The molecule has 102 valence electrons. The SMILES string of the molecule is CC[C@H](C)NC[C@H](O)COc1ccc(Cl)c(C)c1. The number of aryl methyl sites for hydroxylation is 1. The van der Waals surface area contributed by atoms with Crippen molar-refractivity contribution in [3.05, 3.63) is 28.8 Å². The molecule has 2 N–H and O–H groups in total. The fourth-order valence-corrected chi connectivity index (χ4v) is 1.56. The van der Waals surface area contributed by atoms with Crippen molar-refractivity contribution in [1.82, 2.24) is 5.32 Å². The van der Waals surface area contributed by atoms with Crippen molar-refractivity contribution < 1.29 is 9.84 Å². The molecule has 0 amide bonds. The Morgan fingerprint density at radius 3 is 2.78 bits per heavy atom. The quantitative estimate of drug-likeness (QED) is 0.801. The summed E-state index contributed by atoms with van der Waals surface area (Å²) >= 11 is 5.93. The van der Waals surface area contributed by atoms with Crippen molar-refractivity contribution >= 4 is 11.6 Å². The molecular weight excluding hydrogens is 250 g/mol. The molecule has 18 heavy (non-hydrogen) atoms. The zero-order valence-electron chi connectivity index (χ0n) is 11.2. The van der Waals surface area contributed by atoms with Crippen LogP contribution < -0.4 is 10.1 Å². The second-order valence-electron chi connectivity index (χ2n) is 4.59. The molecule has 1 rings (SSSR count). The summed E-state index contributed by atoms with van der Waals surface area (Å²) in [6.07, 6.45) is 0.541. The van der Waals surface area contributed by atoms with E-state index < -0.39 is 6.10 Å². The van der Waals surface area contributed by atoms with Crippen molar-refractivity contribution in [3.63, 3.8) is 0 Å². The molecule has 1 aromatic carbocycles. The van der Waals surface area contributed by atoms with E-state index in [1.54, 1.807) is 6.07 Å². The third-order valence-electron chi connectivity index (χ3n) is 2.89. The van der Waals surface area contributed by atoms with Gasteiger partial charge in [-0.1, -0.05) is 18.5 Å². The number of hydrogen-bond donors (Lipinski definition) is 2. The van der Waals surface area contributed by atoms with Gasteiger partial charge in [0.25, 0.3) is 0 Å². The van der Waals surface area contributed by atoms with Crippen LogP contribution >= 0.6 is 11.6 Å². The number of aliphatic hydroxyl groups is 1. The summed E-state index contributed by atoms with van der Waals surface area (Å²) in [5, 5.41) is 13.7. The Morgan fingerprint density at radius 2 is 2.17 bits per heavy atom. The molecule has 0 aliphatic heterocycles. The third-order valence-corrected chi connectivity index (χ3v) is 3.31. The van der Waals surface area contributed by atoms with Crippen LogP contribution in [0.15, 0.2) is 18.2 Å². The second-order valence-corrected chi connectivity index (χ2v) is 5.00. The smallest absolute Gasteiger partial charge is 0.119 e. The Bertz CT molecular complexity index is 371. The van der Waals surface area contributed by atoms with E-state index >= 15 is 0 Å². The van der Waals surface area contributed by atoms with Crippen molar-refractivity contribution in [2.75, 3.05) is 13.2 Å². The van der Waals surface area contributed by atoms with Crippen LogP contribution in [-0.2, 0) is 0 Å². The number of hydrogen-bond acceptors (Lipinski definition) is 3. The molecule has 0 aliphatic rings. The molecule has 1 aromatic rings. The van der Waals surface area contributed by atoms with Crippen molar-refractivity contribution in [1.29, 1.82) is 0 Å². The number of benzene rings is 1. The first-order valence-corrected chi connectivity index (χ1v) is 6.71. The first kappa shape index (κ1) is 15.3. The first-order valence-electron chi connectivity index (χ1n) is 6.33. The number of ether oxygens (including phenoxy) is 1. The van der Waals surface area contributed by atoms with Crippen LogP contribution in [0.1, 0.15) is 25.8 Å². The van der Waals surface area contributed by atoms with Crippen LogP contribution in [0.5, 0.6) is 5.75 Å². The van der Waals surface area contributed by atoms with Crippen molar-refractivity contribution in [2.45, 2.75) is 39.3 Å². The Balaban J connectivity index is 2.33. The minimum absolute atomic E-state index is 0.282. The summed E-state index contributed by atoms with van der Waals surface area (Å²) in [6, 6.07) is 5.90. The normalized spacial score (nSPS) is 14.3. The number of halogens is 1. The zero-order valence-corrected chi connectivity index (χ0v) is 12.0. The summed E-state index contributed by atoms with van der Waals surface area (Å²) < 4.78 is 5.52. The lowest BCUT2D eigenvalue weighted by atomic mass is 10.2. The molecule has 0 spiro atoms. The average Bonchev–Trinajstić information content (AvgIpc) is 2.37. The van der Waals surface area contributed by atoms with Gasteiger partial charge in [0.1, 0.15) is 18.5 Å². The third kappa shape index (κ3) is 5.25. The number of aliphatic hydroxyl groups excluding tert-OH is 1. The van der Waals surface area contributed by atoms with Gasteiger partial charge in [0.2, 0.25) is 0 Å². The van der Waals surface area contributed by atoms with E-state index in [1.165, 1.54) is 0 Å². The second kappa shape index (κ2) is 7.62. The van der Waals surface area contributed by atoms with E-state index in [2.05, 4.69) is 19.2 Å². The summed E-state index contributed by atoms with van der Waals surface area (Å²) in [7, 11) is 0. The topological polar surface area (TPSA) is 41.5 Å². The standard InChI is InChI=1S/C14H22ClNO2/c1-4-11(3)16-8-12(17)9-18-13-5-6-14(15)10(2)7-13/h5-7,11-12,16-17H,4,8-9H2,1-3H3/t11-,12-/m0/s1. The Kier molecular flexibility index (Phi) is 6.47. The van der Waals surface area contributed by atoms with Gasteiger partial charge in [-0.2, -0.15) is 0 Å². The summed E-state index contributed by atoms with van der Waals surface area (Å²) in [6.45, 7) is 6.95. The summed E-state index contributed by atoms with van der Waals surface area (Å²) in [4.78, 5) is 0. The van der Waals surface area contributed by atoms with Gasteiger partial charge in [0, 0.05) is 17.6 Å². The maximum Gasteiger partial charge on any atom is 0.119 e. The van der Waals surface area contributed by atoms with Crippen LogP contribution in [0.25, 0.3) is 0 Å². The zero-order chi connectivity index (χ0) is 13.5. The molecule has 0 fully saturated rings. The van der Waals surface area contributed by atoms with Gasteiger partial charge in [-0.3, -0.25) is 0 Å². The average molecular weight is 272 g/mol. The van der Waals surface area contributed by atoms with E-state index in [4.69, 9.17) is 16.3 Å². The molecule has 0 unspecified atom stereocenters.